The van der Waals surface area contributed by atoms with Crippen molar-refractivity contribution in [3.05, 3.63) is 252 Å². The Morgan fingerprint density at radius 1 is 0.333 bits per heavy atom. The molecule has 2 aliphatic carbocycles. The van der Waals surface area contributed by atoms with Gasteiger partial charge in [0.05, 0.1) is 16.8 Å². The molecule has 0 radical (unpaired) electrons. The Labute approximate surface area is 352 Å². The summed E-state index contributed by atoms with van der Waals surface area (Å²) in [6, 6.07) is 81.0. The Morgan fingerprint density at radius 2 is 0.800 bits per heavy atom. The van der Waals surface area contributed by atoms with Crippen molar-refractivity contribution in [2.24, 2.45) is 0 Å². The second-order valence-corrected chi connectivity index (χ2v) is 16.9. The second kappa shape index (κ2) is 13.0. The van der Waals surface area contributed by atoms with Crippen molar-refractivity contribution in [1.29, 1.82) is 0 Å². The van der Waals surface area contributed by atoms with Gasteiger partial charge in [-0.1, -0.05) is 172 Å². The number of nitrogens with zero attached hydrogens (tertiary/aromatic N) is 2. The number of para-hydroxylation sites is 3. The summed E-state index contributed by atoms with van der Waals surface area (Å²) >= 11 is 0. The molecule has 0 bridgehead atoms. The summed E-state index contributed by atoms with van der Waals surface area (Å²) in [4.78, 5) is 4.90. The Hall–Kier alpha value is -7.42. The van der Waals surface area contributed by atoms with Crippen molar-refractivity contribution in [3.63, 3.8) is 0 Å². The van der Waals surface area contributed by atoms with Gasteiger partial charge in [-0.3, -0.25) is 0 Å². The van der Waals surface area contributed by atoms with Crippen LogP contribution in [-0.4, -0.2) is 0 Å². The van der Waals surface area contributed by atoms with Gasteiger partial charge >= 0.3 is 0 Å². The molecule has 12 rings (SSSR count). The smallest absolute Gasteiger partial charge is 0.0754 e. The first-order valence-electron chi connectivity index (χ1n) is 21.0. The number of anilines is 6. The molecular formula is C58H42N2. The normalized spacial score (nSPS) is 14.4. The van der Waals surface area contributed by atoms with Crippen LogP contribution in [0.5, 0.6) is 0 Å². The highest BCUT2D eigenvalue weighted by Gasteiger charge is 2.51. The van der Waals surface area contributed by atoms with E-state index in [0.717, 1.165) is 22.7 Å². The quantitative estimate of drug-likeness (QED) is 0.172. The molecule has 0 unspecified atom stereocenters. The maximum Gasteiger partial charge on any atom is 0.0754 e. The fraction of sp³-hybridized carbons (Fsp3) is 0.0690. The summed E-state index contributed by atoms with van der Waals surface area (Å²) in [5, 5.41) is 0. The summed E-state index contributed by atoms with van der Waals surface area (Å²) in [5.74, 6) is 0. The lowest BCUT2D eigenvalue weighted by atomic mass is 9.64. The van der Waals surface area contributed by atoms with Crippen LogP contribution in [0.25, 0.3) is 33.4 Å². The van der Waals surface area contributed by atoms with Crippen LogP contribution in [0, 0.1) is 0 Å². The molecule has 0 fully saturated rings. The zero-order valence-corrected chi connectivity index (χ0v) is 33.7. The average Bonchev–Trinajstić information content (AvgIpc) is 3.72. The predicted octanol–water partition coefficient (Wildman–Crippen LogP) is 15.3. The average molecular weight is 767 g/mol. The van der Waals surface area contributed by atoms with Gasteiger partial charge in [-0.25, -0.2) is 0 Å². The Balaban J connectivity index is 1.08. The van der Waals surface area contributed by atoms with Crippen molar-refractivity contribution in [1.82, 2.24) is 0 Å². The summed E-state index contributed by atoms with van der Waals surface area (Å²) in [6.45, 7) is 4.73. The molecule has 2 nitrogen and oxygen atoms in total. The van der Waals surface area contributed by atoms with Gasteiger partial charge in [0, 0.05) is 28.2 Å². The standard InChI is InChI=1S/C58H42N2/c1-57(2)49-23-11-9-21-45(49)47-35-33-44(38-54(47)57)59(42-31-29-40(30-32-42)39-17-5-3-6-18-39)43-34-36-51-48(37-43)46-22-10-12-24-50(46)58(51)52-25-13-15-27-55(52)60(41-19-7-4-8-20-41)56-28-16-14-26-53(56)58/h3-38H,1-2H3. The molecule has 284 valence electrons. The van der Waals surface area contributed by atoms with E-state index in [1.165, 1.54) is 78.1 Å². The molecule has 1 spiro atoms. The summed E-state index contributed by atoms with van der Waals surface area (Å²) < 4.78 is 0. The van der Waals surface area contributed by atoms with E-state index in [4.69, 9.17) is 0 Å². The monoisotopic (exact) mass is 766 g/mol. The fourth-order valence-corrected chi connectivity index (χ4v) is 10.8. The van der Waals surface area contributed by atoms with E-state index >= 15 is 0 Å². The van der Waals surface area contributed by atoms with Gasteiger partial charge in [0.25, 0.3) is 0 Å². The number of hydrogen-bond donors (Lipinski definition) is 0. The van der Waals surface area contributed by atoms with Gasteiger partial charge in [0.15, 0.2) is 0 Å². The van der Waals surface area contributed by atoms with Gasteiger partial charge in [0.2, 0.25) is 0 Å². The van der Waals surface area contributed by atoms with Gasteiger partial charge in [0.1, 0.15) is 0 Å². The van der Waals surface area contributed by atoms with E-state index in [-0.39, 0.29) is 5.41 Å². The third-order valence-corrected chi connectivity index (χ3v) is 13.5. The van der Waals surface area contributed by atoms with Gasteiger partial charge < -0.3 is 9.80 Å². The minimum Gasteiger partial charge on any atom is -0.310 e. The van der Waals surface area contributed by atoms with E-state index in [1.54, 1.807) is 0 Å². The molecular weight excluding hydrogens is 725 g/mol. The first kappa shape index (κ1) is 34.6. The lowest BCUT2D eigenvalue weighted by Gasteiger charge is -2.45. The summed E-state index contributed by atoms with van der Waals surface area (Å²) in [5.41, 5.74) is 21.9. The predicted molar refractivity (Wildman–Crippen MR) is 250 cm³/mol. The van der Waals surface area contributed by atoms with Gasteiger partial charge in [-0.15, -0.1) is 0 Å². The van der Waals surface area contributed by atoms with Crippen LogP contribution in [0.15, 0.2) is 218 Å². The summed E-state index contributed by atoms with van der Waals surface area (Å²) in [7, 11) is 0. The zero-order valence-electron chi connectivity index (χ0n) is 33.7. The van der Waals surface area contributed by atoms with Crippen molar-refractivity contribution >= 4 is 34.1 Å². The maximum absolute atomic E-state index is 2.46. The van der Waals surface area contributed by atoms with E-state index < -0.39 is 5.41 Å². The van der Waals surface area contributed by atoms with Crippen molar-refractivity contribution in [2.45, 2.75) is 24.7 Å². The van der Waals surface area contributed by atoms with E-state index in [1.807, 2.05) is 0 Å². The first-order valence-corrected chi connectivity index (χ1v) is 21.0. The molecule has 0 atom stereocenters. The topological polar surface area (TPSA) is 6.48 Å². The second-order valence-electron chi connectivity index (χ2n) is 16.9. The molecule has 0 saturated carbocycles. The lowest BCUT2D eigenvalue weighted by molar-refractivity contribution is 0.660. The highest BCUT2D eigenvalue weighted by molar-refractivity contribution is 5.97. The third kappa shape index (κ3) is 4.82. The van der Waals surface area contributed by atoms with Crippen molar-refractivity contribution in [3.8, 4) is 33.4 Å². The van der Waals surface area contributed by atoms with E-state index in [0.29, 0.717) is 0 Å². The van der Waals surface area contributed by atoms with Crippen LogP contribution < -0.4 is 9.80 Å². The minimum atomic E-state index is -0.506. The number of fused-ring (bicyclic) bond motifs is 12. The van der Waals surface area contributed by atoms with E-state index in [2.05, 4.69) is 242 Å². The Bertz CT molecular complexity index is 3080. The molecule has 0 amide bonds. The largest absolute Gasteiger partial charge is 0.310 e. The van der Waals surface area contributed by atoms with Crippen molar-refractivity contribution < 1.29 is 0 Å². The molecule has 60 heavy (non-hydrogen) atoms. The van der Waals surface area contributed by atoms with Crippen molar-refractivity contribution in [2.75, 3.05) is 9.80 Å². The molecule has 0 N–H and O–H groups in total. The van der Waals surface area contributed by atoms with Gasteiger partial charge in [-0.05, 0) is 127 Å². The lowest BCUT2D eigenvalue weighted by Crippen LogP contribution is -2.36. The van der Waals surface area contributed by atoms with Crippen LogP contribution in [0.4, 0.5) is 34.1 Å². The van der Waals surface area contributed by atoms with Gasteiger partial charge in [-0.2, -0.15) is 0 Å². The van der Waals surface area contributed by atoms with E-state index in [9.17, 15) is 0 Å². The third-order valence-electron chi connectivity index (χ3n) is 13.5. The maximum atomic E-state index is 2.46. The zero-order chi connectivity index (χ0) is 40.0. The SMILES string of the molecule is CC1(C)c2ccccc2-c2ccc(N(c3ccc(-c4ccccc4)cc3)c3ccc4c(c3)-c3ccccc3C43c4ccccc4N(c4ccccc4)c4ccccc43)cc21. The highest BCUT2D eigenvalue weighted by atomic mass is 15.2. The first-order chi connectivity index (χ1) is 29.5. The molecule has 1 aliphatic heterocycles. The van der Waals surface area contributed by atoms with Crippen LogP contribution >= 0.6 is 0 Å². The Morgan fingerprint density at radius 3 is 1.48 bits per heavy atom. The van der Waals surface area contributed by atoms with Crippen LogP contribution in [0.1, 0.15) is 47.2 Å². The molecule has 9 aromatic rings. The van der Waals surface area contributed by atoms with Crippen LogP contribution in [0.2, 0.25) is 0 Å². The molecule has 2 heteroatoms. The Kier molecular flexibility index (Phi) is 7.52. The number of rotatable bonds is 5. The fourth-order valence-electron chi connectivity index (χ4n) is 10.8. The molecule has 1 heterocycles. The van der Waals surface area contributed by atoms with Crippen LogP contribution in [-0.2, 0) is 10.8 Å². The molecule has 3 aliphatic rings. The molecule has 0 saturated heterocycles. The van der Waals surface area contributed by atoms with Crippen LogP contribution in [0.3, 0.4) is 0 Å². The highest BCUT2D eigenvalue weighted by Crippen LogP contribution is 2.64. The molecule has 0 aromatic heterocycles. The number of benzene rings is 9. The minimum absolute atomic E-state index is 0.122. The number of hydrogen-bond acceptors (Lipinski definition) is 2. The summed E-state index contributed by atoms with van der Waals surface area (Å²) in [6.07, 6.45) is 0. The molecule has 9 aromatic carbocycles.